The van der Waals surface area contributed by atoms with Gasteiger partial charge < -0.3 is 9.52 Å². The molecule has 1 aliphatic heterocycles. The summed E-state index contributed by atoms with van der Waals surface area (Å²) in [4.78, 5) is 12.7. The molecule has 1 aromatic rings. The van der Waals surface area contributed by atoms with E-state index in [2.05, 4.69) is 0 Å². The number of furan rings is 1. The summed E-state index contributed by atoms with van der Waals surface area (Å²) in [6, 6.07) is 1.62. The molecule has 112 valence electrons. The van der Waals surface area contributed by atoms with E-state index in [-0.39, 0.29) is 18.6 Å². The second-order valence-corrected chi connectivity index (χ2v) is 5.12. The van der Waals surface area contributed by atoms with Crippen molar-refractivity contribution in [2.75, 3.05) is 13.1 Å². The third kappa shape index (κ3) is 3.33. The predicted octanol–water partition coefficient (Wildman–Crippen LogP) is 3.06. The fraction of sp³-hybridized carbons (Fsp3) is 0.615. The molecule has 7 heteroatoms. The normalized spacial score (nSPS) is 18.4. The molecule has 0 bridgehead atoms. The highest BCUT2D eigenvalue weighted by atomic mass is 19.4. The van der Waals surface area contributed by atoms with Gasteiger partial charge in [0.2, 0.25) is 5.76 Å². The Hall–Kier alpha value is -1.50. The number of likely N-dealkylation sites (tertiary alicyclic amines) is 1. The molecule has 0 spiro atoms. The highest BCUT2D eigenvalue weighted by Crippen LogP contribution is 2.34. The van der Waals surface area contributed by atoms with Crippen LogP contribution in [0.4, 0.5) is 13.2 Å². The SMILES string of the molecule is Cc1cc(CN2CCC(C(F)(F)F)CC2)oc1C(=O)O. The molecule has 1 N–H and O–H groups in total. The van der Waals surface area contributed by atoms with Crippen molar-refractivity contribution in [3.63, 3.8) is 0 Å². The van der Waals surface area contributed by atoms with Crippen LogP contribution in [0.15, 0.2) is 10.5 Å². The fourth-order valence-corrected chi connectivity index (χ4v) is 2.48. The summed E-state index contributed by atoms with van der Waals surface area (Å²) in [6.07, 6.45) is -3.96. The molecule has 20 heavy (non-hydrogen) atoms. The Morgan fingerprint density at radius 2 is 2.05 bits per heavy atom. The van der Waals surface area contributed by atoms with Crippen molar-refractivity contribution in [3.05, 3.63) is 23.2 Å². The minimum Gasteiger partial charge on any atom is -0.475 e. The van der Waals surface area contributed by atoms with Gasteiger partial charge in [-0.15, -0.1) is 0 Å². The molecule has 1 fully saturated rings. The molecule has 4 nitrogen and oxygen atoms in total. The summed E-state index contributed by atoms with van der Waals surface area (Å²) in [5.41, 5.74) is 0.526. The molecule has 0 radical (unpaired) electrons. The second kappa shape index (κ2) is 5.47. The molecule has 0 saturated carbocycles. The zero-order chi connectivity index (χ0) is 14.9. The molecule has 1 saturated heterocycles. The Bertz CT molecular complexity index is 488. The lowest BCUT2D eigenvalue weighted by Crippen LogP contribution is -2.38. The summed E-state index contributed by atoms with van der Waals surface area (Å²) >= 11 is 0. The van der Waals surface area contributed by atoms with Crippen molar-refractivity contribution < 1.29 is 27.5 Å². The summed E-state index contributed by atoms with van der Waals surface area (Å²) in [5.74, 6) is -1.99. The van der Waals surface area contributed by atoms with Crippen molar-refractivity contribution in [3.8, 4) is 0 Å². The Morgan fingerprint density at radius 3 is 2.50 bits per heavy atom. The number of nitrogens with zero attached hydrogens (tertiary/aromatic N) is 1. The van der Waals surface area contributed by atoms with Crippen molar-refractivity contribution >= 4 is 5.97 Å². The third-order valence-corrected chi connectivity index (χ3v) is 3.59. The molecule has 1 aliphatic rings. The first kappa shape index (κ1) is 14.9. The van der Waals surface area contributed by atoms with Crippen LogP contribution >= 0.6 is 0 Å². The quantitative estimate of drug-likeness (QED) is 0.930. The largest absolute Gasteiger partial charge is 0.475 e. The number of alkyl halides is 3. The van der Waals surface area contributed by atoms with E-state index in [0.717, 1.165) is 0 Å². The molecule has 0 amide bonds. The van der Waals surface area contributed by atoms with Gasteiger partial charge in [0.25, 0.3) is 0 Å². The van der Waals surface area contributed by atoms with Gasteiger partial charge in [-0.3, -0.25) is 4.90 Å². The minimum absolute atomic E-state index is 0.0784. The van der Waals surface area contributed by atoms with Crippen LogP contribution in [0.2, 0.25) is 0 Å². The topological polar surface area (TPSA) is 53.7 Å². The van der Waals surface area contributed by atoms with Crippen molar-refractivity contribution in [1.29, 1.82) is 0 Å². The molecule has 0 aliphatic carbocycles. The lowest BCUT2D eigenvalue weighted by atomic mass is 9.96. The first-order valence-corrected chi connectivity index (χ1v) is 6.39. The standard InChI is InChI=1S/C13H16F3NO3/c1-8-6-10(20-11(8)12(18)19)7-17-4-2-9(3-5-17)13(14,15)16/h6,9H,2-5,7H2,1H3,(H,18,19). The van der Waals surface area contributed by atoms with Crippen LogP contribution in [0.25, 0.3) is 0 Å². The summed E-state index contributed by atoms with van der Waals surface area (Å²) < 4.78 is 42.8. The van der Waals surface area contributed by atoms with Crippen molar-refractivity contribution in [2.45, 2.75) is 32.5 Å². The maximum Gasteiger partial charge on any atom is 0.391 e. The van der Waals surface area contributed by atoms with E-state index in [1.165, 1.54) is 0 Å². The maximum absolute atomic E-state index is 12.5. The zero-order valence-corrected chi connectivity index (χ0v) is 11.0. The Morgan fingerprint density at radius 1 is 1.45 bits per heavy atom. The molecular weight excluding hydrogens is 275 g/mol. The van der Waals surface area contributed by atoms with E-state index in [1.807, 2.05) is 4.90 Å². The predicted molar refractivity (Wildman–Crippen MR) is 64.5 cm³/mol. The van der Waals surface area contributed by atoms with E-state index in [0.29, 0.717) is 31.0 Å². The van der Waals surface area contributed by atoms with Gasteiger partial charge in [-0.25, -0.2) is 4.79 Å². The molecule has 0 aromatic carbocycles. The number of rotatable bonds is 3. The lowest BCUT2D eigenvalue weighted by Gasteiger charge is -2.32. The van der Waals surface area contributed by atoms with Crippen LogP contribution in [0, 0.1) is 12.8 Å². The van der Waals surface area contributed by atoms with Crippen LogP contribution < -0.4 is 0 Å². The van der Waals surface area contributed by atoms with E-state index in [9.17, 15) is 18.0 Å². The maximum atomic E-state index is 12.5. The first-order valence-electron chi connectivity index (χ1n) is 6.39. The highest BCUT2D eigenvalue weighted by Gasteiger charge is 2.41. The van der Waals surface area contributed by atoms with Crippen LogP contribution in [-0.2, 0) is 6.54 Å². The number of piperidine rings is 1. The minimum atomic E-state index is -4.12. The van der Waals surface area contributed by atoms with Gasteiger partial charge in [-0.2, -0.15) is 13.2 Å². The molecule has 2 rings (SSSR count). The third-order valence-electron chi connectivity index (χ3n) is 3.59. The fourth-order valence-electron chi connectivity index (χ4n) is 2.48. The van der Waals surface area contributed by atoms with Crippen molar-refractivity contribution in [2.24, 2.45) is 5.92 Å². The Kier molecular flexibility index (Phi) is 4.08. The second-order valence-electron chi connectivity index (χ2n) is 5.12. The summed E-state index contributed by atoms with van der Waals surface area (Å²) in [7, 11) is 0. The summed E-state index contributed by atoms with van der Waals surface area (Å²) in [5, 5.41) is 8.88. The van der Waals surface area contributed by atoms with E-state index < -0.39 is 18.1 Å². The highest BCUT2D eigenvalue weighted by molar-refractivity contribution is 5.86. The molecule has 0 unspecified atom stereocenters. The number of hydrogen-bond acceptors (Lipinski definition) is 3. The molecule has 2 heterocycles. The number of carbonyl (C=O) groups is 1. The Balaban J connectivity index is 1.93. The monoisotopic (exact) mass is 291 g/mol. The number of carboxylic acid groups (broad SMARTS) is 1. The van der Waals surface area contributed by atoms with Crippen LogP contribution in [0.1, 0.15) is 34.7 Å². The molecule has 0 atom stereocenters. The van der Waals surface area contributed by atoms with Crippen molar-refractivity contribution in [1.82, 2.24) is 4.90 Å². The Labute approximate surface area is 114 Å². The molecular formula is C13H16F3NO3. The number of carboxylic acids is 1. The van der Waals surface area contributed by atoms with Gasteiger partial charge in [-0.1, -0.05) is 0 Å². The van der Waals surface area contributed by atoms with Gasteiger partial charge in [-0.05, 0) is 38.9 Å². The van der Waals surface area contributed by atoms with Crippen LogP contribution in [0.5, 0.6) is 0 Å². The summed E-state index contributed by atoms with van der Waals surface area (Å²) in [6.45, 7) is 2.66. The van der Waals surface area contributed by atoms with E-state index in [4.69, 9.17) is 9.52 Å². The first-order chi connectivity index (χ1) is 9.27. The zero-order valence-electron chi connectivity index (χ0n) is 11.0. The number of hydrogen-bond donors (Lipinski definition) is 1. The van der Waals surface area contributed by atoms with E-state index in [1.54, 1.807) is 13.0 Å². The van der Waals surface area contributed by atoms with E-state index >= 15 is 0 Å². The smallest absolute Gasteiger partial charge is 0.391 e. The van der Waals surface area contributed by atoms with Gasteiger partial charge in [0.15, 0.2) is 0 Å². The number of halogens is 3. The molecule has 1 aromatic heterocycles. The van der Waals surface area contributed by atoms with Gasteiger partial charge >= 0.3 is 12.1 Å². The van der Waals surface area contributed by atoms with Gasteiger partial charge in [0.05, 0.1) is 12.5 Å². The van der Waals surface area contributed by atoms with Gasteiger partial charge in [0, 0.05) is 5.56 Å². The number of aryl methyl sites for hydroxylation is 1. The van der Waals surface area contributed by atoms with Gasteiger partial charge in [0.1, 0.15) is 5.76 Å². The number of aromatic carboxylic acids is 1. The lowest BCUT2D eigenvalue weighted by molar-refractivity contribution is -0.185. The average molecular weight is 291 g/mol. The van der Waals surface area contributed by atoms with Crippen LogP contribution in [0.3, 0.4) is 0 Å². The van der Waals surface area contributed by atoms with Crippen LogP contribution in [-0.4, -0.2) is 35.2 Å². The average Bonchev–Trinajstić information content (AvgIpc) is 2.70.